The van der Waals surface area contributed by atoms with Crippen LogP contribution in [-0.2, 0) is 16.3 Å². The molecule has 0 atom stereocenters. The molecule has 7 nitrogen and oxygen atoms in total. The molecule has 0 radical (unpaired) electrons. The van der Waals surface area contributed by atoms with Gasteiger partial charge in [-0.2, -0.15) is 0 Å². The molecule has 0 saturated carbocycles. The van der Waals surface area contributed by atoms with Crippen molar-refractivity contribution in [3.05, 3.63) is 23.8 Å². The summed E-state index contributed by atoms with van der Waals surface area (Å²) in [7, 11) is -3.05. The second kappa shape index (κ2) is 7.35. The number of amides is 2. The molecule has 0 bridgehead atoms. The summed E-state index contributed by atoms with van der Waals surface area (Å²) >= 11 is 0. The smallest absolute Gasteiger partial charge is 0.314 e. The average molecular weight is 328 g/mol. The van der Waals surface area contributed by atoms with E-state index in [4.69, 9.17) is 9.47 Å². The molecule has 0 fully saturated rings. The van der Waals surface area contributed by atoms with Gasteiger partial charge in [0.1, 0.15) is 0 Å². The third-order valence-corrected chi connectivity index (χ3v) is 4.98. The second-order valence-electron chi connectivity index (χ2n) is 4.86. The fraction of sp³-hybridized carbons (Fsp3) is 0.500. The SMILES string of the molecule is CCS(=O)(=O)CCNC(=O)NCCc1ccc2c(c1)OCO2. The molecular weight excluding hydrogens is 308 g/mol. The minimum absolute atomic E-state index is 0.0426. The quantitative estimate of drug-likeness (QED) is 0.768. The van der Waals surface area contributed by atoms with Gasteiger partial charge in [0, 0.05) is 18.8 Å². The van der Waals surface area contributed by atoms with Crippen LogP contribution in [-0.4, -0.2) is 45.8 Å². The van der Waals surface area contributed by atoms with E-state index in [1.165, 1.54) is 0 Å². The lowest BCUT2D eigenvalue weighted by atomic mass is 10.1. The Balaban J connectivity index is 1.67. The third kappa shape index (κ3) is 4.80. The van der Waals surface area contributed by atoms with Gasteiger partial charge in [0.15, 0.2) is 21.3 Å². The summed E-state index contributed by atoms with van der Waals surface area (Å²) < 4.78 is 33.1. The summed E-state index contributed by atoms with van der Waals surface area (Å²) in [6, 6.07) is 5.27. The van der Waals surface area contributed by atoms with E-state index in [1.807, 2.05) is 18.2 Å². The molecule has 1 aromatic carbocycles. The third-order valence-electron chi connectivity index (χ3n) is 3.27. The van der Waals surface area contributed by atoms with E-state index in [9.17, 15) is 13.2 Å². The Morgan fingerprint density at radius 3 is 2.68 bits per heavy atom. The van der Waals surface area contributed by atoms with Crippen molar-refractivity contribution in [1.82, 2.24) is 10.6 Å². The molecule has 22 heavy (non-hydrogen) atoms. The molecule has 0 spiro atoms. The van der Waals surface area contributed by atoms with Crippen LogP contribution in [0.5, 0.6) is 11.5 Å². The van der Waals surface area contributed by atoms with Crippen LogP contribution in [0.3, 0.4) is 0 Å². The molecule has 8 heteroatoms. The largest absolute Gasteiger partial charge is 0.454 e. The minimum atomic E-state index is -3.05. The Bertz CT molecular complexity index is 630. The van der Waals surface area contributed by atoms with Crippen LogP contribution in [0.4, 0.5) is 4.79 Å². The van der Waals surface area contributed by atoms with E-state index >= 15 is 0 Å². The van der Waals surface area contributed by atoms with Crippen molar-refractivity contribution in [3.63, 3.8) is 0 Å². The Labute approximate surface area is 129 Å². The van der Waals surface area contributed by atoms with Gasteiger partial charge in [-0.1, -0.05) is 13.0 Å². The van der Waals surface area contributed by atoms with Crippen molar-refractivity contribution in [1.29, 1.82) is 0 Å². The lowest BCUT2D eigenvalue weighted by Gasteiger charge is -2.08. The van der Waals surface area contributed by atoms with E-state index in [-0.39, 0.29) is 30.9 Å². The molecule has 0 saturated heterocycles. The summed E-state index contributed by atoms with van der Waals surface area (Å²) in [5.74, 6) is 1.48. The van der Waals surface area contributed by atoms with Crippen LogP contribution in [0.25, 0.3) is 0 Å². The maximum Gasteiger partial charge on any atom is 0.314 e. The standard InChI is InChI=1S/C14H20N2O5S/c1-2-22(18,19)8-7-16-14(17)15-6-5-11-3-4-12-13(9-11)21-10-20-12/h3-4,9H,2,5-8,10H2,1H3,(H2,15,16,17). The van der Waals surface area contributed by atoms with E-state index < -0.39 is 9.84 Å². The zero-order valence-electron chi connectivity index (χ0n) is 12.4. The van der Waals surface area contributed by atoms with Crippen molar-refractivity contribution >= 4 is 15.9 Å². The Morgan fingerprint density at radius 1 is 1.18 bits per heavy atom. The van der Waals surface area contributed by atoms with Gasteiger partial charge in [-0.15, -0.1) is 0 Å². The number of carbonyl (C=O) groups excluding carboxylic acids is 1. The van der Waals surface area contributed by atoms with Crippen LogP contribution in [0.15, 0.2) is 18.2 Å². The normalized spacial score (nSPS) is 13.0. The summed E-state index contributed by atoms with van der Waals surface area (Å²) in [5, 5.41) is 5.21. The van der Waals surface area contributed by atoms with Gasteiger partial charge in [0.05, 0.1) is 5.75 Å². The zero-order valence-corrected chi connectivity index (χ0v) is 13.2. The fourth-order valence-corrected chi connectivity index (χ4v) is 2.65. The fourth-order valence-electron chi connectivity index (χ4n) is 1.94. The van der Waals surface area contributed by atoms with E-state index in [1.54, 1.807) is 6.92 Å². The van der Waals surface area contributed by atoms with Gasteiger partial charge in [-0.25, -0.2) is 13.2 Å². The molecule has 122 valence electrons. The van der Waals surface area contributed by atoms with E-state index in [0.717, 1.165) is 11.3 Å². The van der Waals surface area contributed by atoms with Gasteiger partial charge in [0.25, 0.3) is 0 Å². The van der Waals surface area contributed by atoms with Crippen molar-refractivity contribution in [2.75, 3.05) is 31.4 Å². The van der Waals surface area contributed by atoms with Crippen LogP contribution in [0.2, 0.25) is 0 Å². The van der Waals surface area contributed by atoms with Gasteiger partial charge < -0.3 is 20.1 Å². The second-order valence-corrected chi connectivity index (χ2v) is 7.33. The molecule has 1 aliphatic heterocycles. The van der Waals surface area contributed by atoms with E-state index in [0.29, 0.717) is 18.7 Å². The van der Waals surface area contributed by atoms with Crippen molar-refractivity contribution in [3.8, 4) is 11.5 Å². The number of ether oxygens (including phenoxy) is 2. The predicted molar refractivity (Wildman–Crippen MR) is 82.0 cm³/mol. The predicted octanol–water partition coefficient (Wildman–Crippen LogP) is 0.692. The van der Waals surface area contributed by atoms with Crippen LogP contribution in [0, 0.1) is 0 Å². The Kier molecular flexibility index (Phi) is 5.48. The van der Waals surface area contributed by atoms with Crippen LogP contribution < -0.4 is 20.1 Å². The number of rotatable bonds is 7. The van der Waals surface area contributed by atoms with Gasteiger partial charge >= 0.3 is 6.03 Å². The molecule has 2 N–H and O–H groups in total. The number of carbonyl (C=O) groups is 1. The van der Waals surface area contributed by atoms with Crippen molar-refractivity contribution in [2.45, 2.75) is 13.3 Å². The number of fused-ring (bicyclic) bond motifs is 1. The molecule has 0 unspecified atom stereocenters. The molecule has 2 rings (SSSR count). The number of benzene rings is 1. The highest BCUT2D eigenvalue weighted by atomic mass is 32.2. The maximum atomic E-state index is 11.5. The minimum Gasteiger partial charge on any atom is -0.454 e. The summed E-state index contributed by atoms with van der Waals surface area (Å²) in [6.07, 6.45) is 0.650. The van der Waals surface area contributed by atoms with E-state index in [2.05, 4.69) is 10.6 Å². The summed E-state index contributed by atoms with van der Waals surface area (Å²) in [6.45, 7) is 2.39. The van der Waals surface area contributed by atoms with Crippen LogP contribution >= 0.6 is 0 Å². The molecule has 0 aliphatic carbocycles. The monoisotopic (exact) mass is 328 g/mol. The number of nitrogens with one attached hydrogen (secondary N) is 2. The first-order valence-electron chi connectivity index (χ1n) is 7.11. The number of hydrogen-bond donors (Lipinski definition) is 2. The Morgan fingerprint density at radius 2 is 1.91 bits per heavy atom. The van der Waals surface area contributed by atoms with Crippen molar-refractivity contribution in [2.24, 2.45) is 0 Å². The first kappa shape index (κ1) is 16.4. The molecule has 1 aromatic rings. The first-order valence-corrected chi connectivity index (χ1v) is 8.93. The van der Waals surface area contributed by atoms with Gasteiger partial charge in [-0.05, 0) is 24.1 Å². The lowest BCUT2D eigenvalue weighted by molar-refractivity contribution is 0.174. The number of hydrogen-bond acceptors (Lipinski definition) is 5. The molecule has 1 aliphatic rings. The topological polar surface area (TPSA) is 93.7 Å². The molecule has 1 heterocycles. The maximum absolute atomic E-state index is 11.5. The zero-order chi connectivity index (χ0) is 16.0. The average Bonchev–Trinajstić information content (AvgIpc) is 2.94. The lowest BCUT2D eigenvalue weighted by Crippen LogP contribution is -2.39. The molecule has 0 aromatic heterocycles. The molecular formula is C14H20N2O5S. The van der Waals surface area contributed by atoms with Crippen LogP contribution in [0.1, 0.15) is 12.5 Å². The van der Waals surface area contributed by atoms with Gasteiger partial charge in [-0.3, -0.25) is 0 Å². The highest BCUT2D eigenvalue weighted by Crippen LogP contribution is 2.32. The van der Waals surface area contributed by atoms with Gasteiger partial charge in [0.2, 0.25) is 6.79 Å². The highest BCUT2D eigenvalue weighted by Gasteiger charge is 2.13. The summed E-state index contributed by atoms with van der Waals surface area (Å²) in [4.78, 5) is 11.5. The number of urea groups is 1. The summed E-state index contributed by atoms with van der Waals surface area (Å²) in [5.41, 5.74) is 1.03. The van der Waals surface area contributed by atoms with Crippen molar-refractivity contribution < 1.29 is 22.7 Å². The Hall–Kier alpha value is -1.96. The first-order chi connectivity index (χ1) is 10.5. The highest BCUT2D eigenvalue weighted by molar-refractivity contribution is 7.91. The number of sulfone groups is 1. The molecule has 2 amide bonds.